The molecule has 0 saturated heterocycles. The third-order valence-corrected chi connectivity index (χ3v) is 6.96. The van der Waals surface area contributed by atoms with Gasteiger partial charge in [0, 0.05) is 12.0 Å². The number of benzene rings is 1. The zero-order valence-electron chi connectivity index (χ0n) is 17.9. The molecular weight excluding hydrogens is 458 g/mol. The average Bonchev–Trinajstić information content (AvgIpc) is 3.19. The van der Waals surface area contributed by atoms with Gasteiger partial charge >= 0.3 is 6.16 Å². The van der Waals surface area contributed by atoms with Crippen LogP contribution in [0.25, 0.3) is 11.0 Å². The fraction of sp³-hybridized carbons (Fsp3) is 0.381. The Morgan fingerprint density at radius 1 is 1.28 bits per heavy atom. The number of nitrogens with zero attached hydrogens (tertiary/aromatic N) is 3. The van der Waals surface area contributed by atoms with Gasteiger partial charge in [-0.15, -0.1) is 0 Å². The van der Waals surface area contributed by atoms with Crippen LogP contribution in [0.15, 0.2) is 36.7 Å². The second-order valence-electron chi connectivity index (χ2n) is 6.93. The van der Waals surface area contributed by atoms with Crippen molar-refractivity contribution in [2.75, 3.05) is 20.8 Å². The summed E-state index contributed by atoms with van der Waals surface area (Å²) in [6, 6.07) is 8.97. The lowest BCUT2D eigenvalue weighted by Crippen LogP contribution is -2.28. The summed E-state index contributed by atoms with van der Waals surface area (Å²) in [4.78, 5) is 19.7. The van der Waals surface area contributed by atoms with Gasteiger partial charge < -0.3 is 23.9 Å². The molecule has 0 amide bonds. The van der Waals surface area contributed by atoms with Crippen LogP contribution in [0.1, 0.15) is 24.4 Å². The van der Waals surface area contributed by atoms with E-state index in [0.717, 1.165) is 11.0 Å². The zero-order valence-corrected chi connectivity index (χ0v) is 19.4. The minimum atomic E-state index is -1.58. The van der Waals surface area contributed by atoms with Gasteiger partial charge in [0.15, 0.2) is 11.5 Å². The third-order valence-electron chi connectivity index (χ3n) is 5.05. The molecule has 11 heteroatoms. The predicted molar refractivity (Wildman–Crippen MR) is 121 cm³/mol. The molecule has 3 rings (SSSR count). The van der Waals surface area contributed by atoms with Gasteiger partial charge in [0.05, 0.1) is 48.1 Å². The Morgan fingerprint density at radius 2 is 2.03 bits per heavy atom. The number of carboxylic acid groups (broad SMARTS) is 1. The van der Waals surface area contributed by atoms with Crippen molar-refractivity contribution in [3.8, 4) is 11.5 Å². The SMILES string of the molecule is CCC(COC(=O)O)C(n1cnc2ccccc21)S(=O)Cc1nc(Cl)cc(OC)c1OC. The van der Waals surface area contributed by atoms with E-state index < -0.39 is 22.3 Å². The van der Waals surface area contributed by atoms with Crippen LogP contribution in [0, 0.1) is 5.92 Å². The van der Waals surface area contributed by atoms with E-state index in [-0.39, 0.29) is 23.4 Å². The predicted octanol–water partition coefficient (Wildman–Crippen LogP) is 4.27. The molecule has 3 aromatic rings. The summed E-state index contributed by atoms with van der Waals surface area (Å²) in [6.45, 7) is 1.78. The Labute approximate surface area is 192 Å². The van der Waals surface area contributed by atoms with Crippen LogP contribution in [0.4, 0.5) is 4.79 Å². The summed E-state index contributed by atoms with van der Waals surface area (Å²) in [5.41, 5.74) is 1.89. The molecule has 0 spiro atoms. The second-order valence-corrected chi connectivity index (χ2v) is 8.85. The van der Waals surface area contributed by atoms with Gasteiger partial charge in [0.25, 0.3) is 0 Å². The fourth-order valence-electron chi connectivity index (χ4n) is 3.55. The number of methoxy groups -OCH3 is 2. The highest BCUT2D eigenvalue weighted by Gasteiger charge is 2.31. The smallest absolute Gasteiger partial charge is 0.493 e. The molecule has 0 fully saturated rings. The quantitative estimate of drug-likeness (QED) is 0.337. The van der Waals surface area contributed by atoms with Crippen molar-refractivity contribution in [1.82, 2.24) is 14.5 Å². The zero-order chi connectivity index (χ0) is 23.3. The fourth-order valence-corrected chi connectivity index (χ4v) is 5.50. The molecule has 3 unspecified atom stereocenters. The summed E-state index contributed by atoms with van der Waals surface area (Å²) in [5.74, 6) is 0.345. The van der Waals surface area contributed by atoms with Gasteiger partial charge in [-0.05, 0) is 18.6 Å². The molecule has 3 atom stereocenters. The summed E-state index contributed by atoms with van der Waals surface area (Å²) < 4.78 is 31.2. The number of rotatable bonds is 10. The number of hydrogen-bond acceptors (Lipinski definition) is 7. The number of fused-ring (bicyclic) bond motifs is 1. The number of para-hydroxylation sites is 2. The van der Waals surface area contributed by atoms with Crippen molar-refractivity contribution in [3.05, 3.63) is 47.5 Å². The third kappa shape index (κ3) is 5.13. The maximum atomic E-state index is 13.8. The van der Waals surface area contributed by atoms with E-state index in [1.54, 1.807) is 10.9 Å². The van der Waals surface area contributed by atoms with Crippen LogP contribution in [-0.2, 0) is 21.3 Å². The van der Waals surface area contributed by atoms with Gasteiger partial charge in [-0.25, -0.2) is 14.8 Å². The largest absolute Gasteiger partial charge is 0.505 e. The normalized spacial score (nSPS) is 14.0. The molecule has 0 aliphatic carbocycles. The Balaban J connectivity index is 2.04. The average molecular weight is 482 g/mol. The minimum Gasteiger partial charge on any atom is -0.493 e. The van der Waals surface area contributed by atoms with Crippen molar-refractivity contribution < 1.29 is 28.3 Å². The number of pyridine rings is 1. The summed E-state index contributed by atoms with van der Waals surface area (Å²) >= 11 is 6.13. The summed E-state index contributed by atoms with van der Waals surface area (Å²) in [5, 5.41) is 8.55. The van der Waals surface area contributed by atoms with Gasteiger partial charge in [0.2, 0.25) is 0 Å². The van der Waals surface area contributed by atoms with E-state index in [2.05, 4.69) is 9.97 Å². The standard InChI is InChI=1S/C21H24ClN3O6S/c1-4-13(10-31-21(26)27)20(25-12-23-14-7-5-6-8-16(14)25)32(28)11-15-19(30-3)17(29-2)9-18(22)24-15/h5-9,12-13,20H,4,10-11H2,1-3H3,(H,26,27). The Kier molecular flexibility index (Phi) is 7.92. The van der Waals surface area contributed by atoms with E-state index in [4.69, 9.17) is 30.9 Å². The molecule has 1 aromatic carbocycles. The molecule has 9 nitrogen and oxygen atoms in total. The van der Waals surface area contributed by atoms with E-state index in [9.17, 15) is 9.00 Å². The molecule has 0 aliphatic heterocycles. The van der Waals surface area contributed by atoms with Crippen LogP contribution < -0.4 is 9.47 Å². The molecule has 0 radical (unpaired) electrons. The first kappa shape index (κ1) is 23.8. The molecule has 172 valence electrons. The Morgan fingerprint density at radius 3 is 2.69 bits per heavy atom. The maximum Gasteiger partial charge on any atom is 0.505 e. The van der Waals surface area contributed by atoms with E-state index >= 15 is 0 Å². The number of carbonyl (C=O) groups is 1. The second kappa shape index (κ2) is 10.6. The molecule has 2 aromatic heterocycles. The Hall–Kier alpha value is -2.85. The van der Waals surface area contributed by atoms with Crippen LogP contribution in [-0.4, -0.2) is 50.8 Å². The first-order valence-corrected chi connectivity index (χ1v) is 11.6. The summed E-state index contributed by atoms with van der Waals surface area (Å²) in [7, 11) is 1.37. The van der Waals surface area contributed by atoms with Crippen molar-refractivity contribution >= 4 is 39.6 Å². The molecular formula is C21H24ClN3O6S. The maximum absolute atomic E-state index is 13.8. The monoisotopic (exact) mass is 481 g/mol. The molecule has 0 bridgehead atoms. The summed E-state index contributed by atoms with van der Waals surface area (Å²) in [6.07, 6.45) is 0.755. The first-order chi connectivity index (χ1) is 15.4. The number of aromatic nitrogens is 3. The lowest BCUT2D eigenvalue weighted by atomic mass is 10.1. The van der Waals surface area contributed by atoms with Crippen LogP contribution in [0.3, 0.4) is 0 Å². The molecule has 2 heterocycles. The highest BCUT2D eigenvalue weighted by atomic mass is 35.5. The van der Waals surface area contributed by atoms with Crippen molar-refractivity contribution in [3.63, 3.8) is 0 Å². The number of ether oxygens (including phenoxy) is 3. The van der Waals surface area contributed by atoms with Crippen molar-refractivity contribution in [1.29, 1.82) is 0 Å². The minimum absolute atomic E-state index is 0.000832. The molecule has 32 heavy (non-hydrogen) atoms. The van der Waals surface area contributed by atoms with Gasteiger partial charge in [-0.3, -0.25) is 4.21 Å². The van der Waals surface area contributed by atoms with Crippen LogP contribution >= 0.6 is 11.6 Å². The topological polar surface area (TPSA) is 113 Å². The Bertz CT molecular complexity index is 1120. The molecule has 0 aliphatic rings. The number of halogens is 1. The van der Waals surface area contributed by atoms with E-state index in [0.29, 0.717) is 23.6 Å². The van der Waals surface area contributed by atoms with Gasteiger partial charge in [-0.1, -0.05) is 30.7 Å². The van der Waals surface area contributed by atoms with Gasteiger partial charge in [0.1, 0.15) is 22.8 Å². The molecule has 1 N–H and O–H groups in total. The first-order valence-electron chi connectivity index (χ1n) is 9.81. The lowest BCUT2D eigenvalue weighted by Gasteiger charge is -2.27. The van der Waals surface area contributed by atoms with Gasteiger partial charge in [-0.2, -0.15) is 0 Å². The number of imidazole rings is 1. The highest BCUT2D eigenvalue weighted by Crippen LogP contribution is 2.36. The highest BCUT2D eigenvalue weighted by molar-refractivity contribution is 7.84. The molecule has 0 saturated carbocycles. The van der Waals surface area contributed by atoms with E-state index in [1.807, 2.05) is 31.2 Å². The lowest BCUT2D eigenvalue weighted by molar-refractivity contribution is 0.0725. The van der Waals surface area contributed by atoms with Crippen LogP contribution in [0.2, 0.25) is 5.15 Å². The van der Waals surface area contributed by atoms with Crippen molar-refractivity contribution in [2.24, 2.45) is 5.92 Å². The van der Waals surface area contributed by atoms with E-state index in [1.165, 1.54) is 20.3 Å². The van der Waals surface area contributed by atoms with Crippen LogP contribution in [0.5, 0.6) is 11.5 Å². The van der Waals surface area contributed by atoms with Crippen molar-refractivity contribution in [2.45, 2.75) is 24.5 Å². The number of hydrogen-bond donors (Lipinski definition) is 1.